The van der Waals surface area contributed by atoms with Crippen molar-refractivity contribution in [3.05, 3.63) is 23.8 Å². The lowest BCUT2D eigenvalue weighted by atomic mass is 10.1. The Bertz CT molecular complexity index is 187. The van der Waals surface area contributed by atoms with Crippen molar-refractivity contribution in [3.8, 4) is 0 Å². The largest absolute Gasteiger partial charge is 0.396 e. The second kappa shape index (κ2) is 12.5. The first-order valence-corrected chi connectivity index (χ1v) is 5.96. The molecule has 0 amide bonds. The first-order valence-electron chi connectivity index (χ1n) is 5.96. The van der Waals surface area contributed by atoms with Crippen LogP contribution in [0.5, 0.6) is 0 Å². The third kappa shape index (κ3) is 23.3. The van der Waals surface area contributed by atoms with Gasteiger partial charge in [-0.1, -0.05) is 30.1 Å². The highest BCUT2D eigenvalue weighted by atomic mass is 16.3. The van der Waals surface area contributed by atoms with E-state index in [1.165, 1.54) is 5.57 Å². The third-order valence-electron chi connectivity index (χ3n) is 1.68. The second-order valence-corrected chi connectivity index (χ2v) is 4.59. The maximum Gasteiger partial charge on any atom is 0.0723 e. The molecule has 0 saturated heterocycles. The molecule has 0 bridgehead atoms. The van der Waals surface area contributed by atoms with Crippen molar-refractivity contribution in [1.82, 2.24) is 0 Å². The molecule has 0 rings (SSSR count). The smallest absolute Gasteiger partial charge is 0.0723 e. The molecule has 0 heterocycles. The monoisotopic (exact) mass is 228 g/mol. The molecule has 0 radical (unpaired) electrons. The zero-order chi connectivity index (χ0) is 13.0. The van der Waals surface area contributed by atoms with Crippen LogP contribution in [0.15, 0.2) is 23.8 Å². The standard InChI is InChI=1S/C10H20O2.C4H8/c1-9(2)8-10(12)6-4-3-5-7-11;1-4(2)3/h8,10-12H,3-7H2,1-2H3;1H2,2-3H3. The van der Waals surface area contributed by atoms with Crippen LogP contribution < -0.4 is 0 Å². The minimum absolute atomic E-state index is 0.263. The Morgan fingerprint density at radius 1 is 1.12 bits per heavy atom. The number of unbranched alkanes of at least 4 members (excludes halogenated alkanes) is 2. The lowest BCUT2D eigenvalue weighted by Gasteiger charge is -2.05. The summed E-state index contributed by atoms with van der Waals surface area (Å²) in [5, 5.41) is 17.9. The summed E-state index contributed by atoms with van der Waals surface area (Å²) in [6.45, 7) is 11.7. The third-order valence-corrected chi connectivity index (χ3v) is 1.68. The highest BCUT2D eigenvalue weighted by Gasteiger charge is 1.98. The zero-order valence-corrected chi connectivity index (χ0v) is 11.3. The Morgan fingerprint density at radius 3 is 2.00 bits per heavy atom. The molecule has 0 aliphatic heterocycles. The van der Waals surface area contributed by atoms with E-state index in [0.717, 1.165) is 31.3 Å². The molecule has 1 unspecified atom stereocenters. The van der Waals surface area contributed by atoms with Gasteiger partial charge in [0.25, 0.3) is 0 Å². The summed E-state index contributed by atoms with van der Waals surface area (Å²) in [7, 11) is 0. The summed E-state index contributed by atoms with van der Waals surface area (Å²) in [5.74, 6) is 0. The van der Waals surface area contributed by atoms with E-state index in [1.807, 2.05) is 33.8 Å². The quantitative estimate of drug-likeness (QED) is 0.540. The molecule has 0 saturated carbocycles. The molecule has 2 heteroatoms. The van der Waals surface area contributed by atoms with Crippen LogP contribution in [0.25, 0.3) is 0 Å². The van der Waals surface area contributed by atoms with Crippen LogP contribution in [0.4, 0.5) is 0 Å². The molecule has 0 aliphatic rings. The van der Waals surface area contributed by atoms with Gasteiger partial charge in [0, 0.05) is 6.61 Å². The summed E-state index contributed by atoms with van der Waals surface area (Å²) >= 11 is 0. The Morgan fingerprint density at radius 2 is 1.62 bits per heavy atom. The summed E-state index contributed by atoms with van der Waals surface area (Å²) in [6.07, 6.45) is 5.23. The summed E-state index contributed by atoms with van der Waals surface area (Å²) in [5.41, 5.74) is 2.32. The molecule has 16 heavy (non-hydrogen) atoms. The van der Waals surface area contributed by atoms with Crippen LogP contribution in [0.3, 0.4) is 0 Å². The van der Waals surface area contributed by atoms with Gasteiger partial charge in [-0.3, -0.25) is 0 Å². The van der Waals surface area contributed by atoms with E-state index in [-0.39, 0.29) is 12.7 Å². The van der Waals surface area contributed by atoms with Gasteiger partial charge in [0.15, 0.2) is 0 Å². The molecule has 0 aromatic heterocycles. The first kappa shape index (κ1) is 17.8. The Kier molecular flexibility index (Phi) is 13.9. The summed E-state index contributed by atoms with van der Waals surface area (Å²) in [6, 6.07) is 0. The van der Waals surface area contributed by atoms with E-state index >= 15 is 0 Å². The van der Waals surface area contributed by atoms with Crippen molar-refractivity contribution in [1.29, 1.82) is 0 Å². The molecule has 0 aliphatic carbocycles. The average molecular weight is 228 g/mol. The Labute approximate surface area is 101 Å². The number of hydrogen-bond donors (Lipinski definition) is 2. The van der Waals surface area contributed by atoms with Crippen LogP contribution in [-0.4, -0.2) is 22.9 Å². The van der Waals surface area contributed by atoms with Gasteiger partial charge in [0.05, 0.1) is 6.10 Å². The van der Waals surface area contributed by atoms with E-state index in [4.69, 9.17) is 5.11 Å². The van der Waals surface area contributed by atoms with Crippen molar-refractivity contribution >= 4 is 0 Å². The van der Waals surface area contributed by atoms with Gasteiger partial charge in [-0.25, -0.2) is 0 Å². The maximum absolute atomic E-state index is 9.38. The molecule has 0 fully saturated rings. The number of hydrogen-bond acceptors (Lipinski definition) is 2. The lowest BCUT2D eigenvalue weighted by molar-refractivity contribution is 0.204. The molecular weight excluding hydrogens is 200 g/mol. The number of aliphatic hydroxyl groups excluding tert-OH is 2. The van der Waals surface area contributed by atoms with E-state index in [9.17, 15) is 5.11 Å². The fraction of sp³-hybridized carbons (Fsp3) is 0.714. The van der Waals surface area contributed by atoms with Crippen molar-refractivity contribution in [2.45, 2.75) is 59.5 Å². The highest BCUT2D eigenvalue weighted by molar-refractivity contribution is 4.97. The SMILES string of the molecule is C=C(C)C.CC(C)=CC(O)CCCCCO. The van der Waals surface area contributed by atoms with Gasteiger partial charge in [-0.05, 0) is 40.5 Å². The number of aliphatic hydroxyl groups is 2. The average Bonchev–Trinajstić information content (AvgIpc) is 2.10. The Hall–Kier alpha value is -0.600. The van der Waals surface area contributed by atoms with Crippen LogP contribution in [0.2, 0.25) is 0 Å². The zero-order valence-electron chi connectivity index (χ0n) is 11.3. The molecule has 0 spiro atoms. The molecular formula is C14H28O2. The first-order chi connectivity index (χ1) is 7.40. The van der Waals surface area contributed by atoms with Gasteiger partial charge in [-0.15, -0.1) is 6.58 Å². The molecule has 96 valence electrons. The second-order valence-electron chi connectivity index (χ2n) is 4.59. The molecule has 0 aromatic carbocycles. The van der Waals surface area contributed by atoms with Crippen molar-refractivity contribution in [2.24, 2.45) is 0 Å². The van der Waals surface area contributed by atoms with Crippen molar-refractivity contribution < 1.29 is 10.2 Å². The molecule has 1 atom stereocenters. The maximum atomic E-state index is 9.38. The van der Waals surface area contributed by atoms with Gasteiger partial charge in [-0.2, -0.15) is 0 Å². The van der Waals surface area contributed by atoms with Crippen LogP contribution in [-0.2, 0) is 0 Å². The van der Waals surface area contributed by atoms with Crippen LogP contribution >= 0.6 is 0 Å². The predicted molar refractivity (Wildman–Crippen MR) is 71.5 cm³/mol. The van der Waals surface area contributed by atoms with E-state index < -0.39 is 0 Å². The van der Waals surface area contributed by atoms with Gasteiger partial charge < -0.3 is 10.2 Å². The molecule has 2 N–H and O–H groups in total. The van der Waals surface area contributed by atoms with Gasteiger partial charge >= 0.3 is 0 Å². The van der Waals surface area contributed by atoms with Crippen LogP contribution in [0.1, 0.15) is 53.4 Å². The molecule has 2 nitrogen and oxygen atoms in total. The normalized spacial score (nSPS) is 11.1. The minimum atomic E-state index is -0.298. The summed E-state index contributed by atoms with van der Waals surface area (Å²) < 4.78 is 0. The fourth-order valence-electron chi connectivity index (χ4n) is 1.11. The van der Waals surface area contributed by atoms with E-state index in [1.54, 1.807) is 0 Å². The van der Waals surface area contributed by atoms with Gasteiger partial charge in [0.1, 0.15) is 0 Å². The van der Waals surface area contributed by atoms with Crippen molar-refractivity contribution in [2.75, 3.05) is 6.61 Å². The lowest BCUT2D eigenvalue weighted by Crippen LogP contribution is -2.02. The van der Waals surface area contributed by atoms with Crippen molar-refractivity contribution in [3.63, 3.8) is 0 Å². The molecule has 0 aromatic rings. The van der Waals surface area contributed by atoms with Crippen LogP contribution in [0, 0.1) is 0 Å². The predicted octanol–water partition coefficient (Wildman–Crippen LogP) is 3.45. The number of allylic oxidation sites excluding steroid dienone is 2. The topological polar surface area (TPSA) is 40.5 Å². The van der Waals surface area contributed by atoms with Gasteiger partial charge in [0.2, 0.25) is 0 Å². The highest BCUT2D eigenvalue weighted by Crippen LogP contribution is 2.05. The Balaban J connectivity index is 0. The summed E-state index contributed by atoms with van der Waals surface area (Å²) in [4.78, 5) is 0. The fourth-order valence-corrected chi connectivity index (χ4v) is 1.11. The van der Waals surface area contributed by atoms with E-state index in [0.29, 0.717) is 0 Å². The number of rotatable bonds is 6. The minimum Gasteiger partial charge on any atom is -0.396 e. The van der Waals surface area contributed by atoms with E-state index in [2.05, 4.69) is 6.58 Å².